The van der Waals surface area contributed by atoms with Crippen LogP contribution in [0.5, 0.6) is 5.75 Å². The number of aliphatic carboxylic acids is 1. The number of hydrogen-bond donors (Lipinski definition) is 3. The van der Waals surface area contributed by atoms with Crippen molar-refractivity contribution in [2.75, 3.05) is 13.6 Å². The third kappa shape index (κ3) is 4.85. The smallest absolute Gasteiger partial charge is 0.305 e. The van der Waals surface area contributed by atoms with Crippen LogP contribution in [0.15, 0.2) is 10.9 Å². The first kappa shape index (κ1) is 18.2. The van der Waals surface area contributed by atoms with Gasteiger partial charge in [0.1, 0.15) is 0 Å². The lowest BCUT2D eigenvalue weighted by molar-refractivity contribution is -0.137. The van der Waals surface area contributed by atoms with Gasteiger partial charge in [-0.1, -0.05) is 13.3 Å². The van der Waals surface area contributed by atoms with Crippen LogP contribution in [0.25, 0.3) is 0 Å². The molecule has 3 N–H and O–H groups in total. The first-order valence-electron chi connectivity index (χ1n) is 7.36. The van der Waals surface area contributed by atoms with Gasteiger partial charge >= 0.3 is 5.97 Å². The summed E-state index contributed by atoms with van der Waals surface area (Å²) in [7, 11) is 1.87. The van der Waals surface area contributed by atoms with E-state index < -0.39 is 11.4 Å². The number of aromatic nitrogens is 1. The highest BCUT2D eigenvalue weighted by atomic mass is 16.4. The minimum atomic E-state index is -0.979. The number of carboxylic acid groups (broad SMARTS) is 1. The van der Waals surface area contributed by atoms with Crippen LogP contribution in [0, 0.1) is 0 Å². The number of pyridine rings is 1. The number of carboxylic acids is 1. The number of aliphatic hydroxyl groups is 1. The zero-order chi connectivity index (χ0) is 16.7. The molecule has 7 heteroatoms. The van der Waals surface area contributed by atoms with E-state index in [0.717, 1.165) is 25.5 Å². The molecule has 1 rings (SSSR count). The molecular weight excluding hydrogens is 288 g/mol. The second kappa shape index (κ2) is 8.55. The summed E-state index contributed by atoms with van der Waals surface area (Å²) >= 11 is 0. The number of aliphatic hydroxyl groups excluding tert-OH is 1. The average molecular weight is 312 g/mol. The number of carbonyl (C=O) groups is 1. The summed E-state index contributed by atoms with van der Waals surface area (Å²) in [6.07, 6.45) is 1.86. The summed E-state index contributed by atoms with van der Waals surface area (Å²) < 4.78 is 1.52. The Balaban J connectivity index is 3.16. The molecular formula is C15H24N2O5. The second-order valence-electron chi connectivity index (χ2n) is 5.34. The Morgan fingerprint density at radius 2 is 2.09 bits per heavy atom. The molecule has 0 spiro atoms. The molecule has 0 bridgehead atoms. The number of aromatic hydroxyl groups is 1. The Hall–Kier alpha value is -1.86. The van der Waals surface area contributed by atoms with E-state index in [9.17, 15) is 19.8 Å². The molecule has 0 aliphatic rings. The van der Waals surface area contributed by atoms with Crippen LogP contribution in [0.3, 0.4) is 0 Å². The van der Waals surface area contributed by atoms with Crippen molar-refractivity contribution in [3.63, 3.8) is 0 Å². The molecule has 0 saturated carbocycles. The van der Waals surface area contributed by atoms with Crippen LogP contribution in [-0.2, 0) is 24.5 Å². The zero-order valence-corrected chi connectivity index (χ0v) is 13.1. The Kier molecular flexibility index (Phi) is 7.07. The fourth-order valence-corrected chi connectivity index (χ4v) is 2.28. The van der Waals surface area contributed by atoms with Crippen LogP contribution in [-0.4, -0.2) is 44.3 Å². The molecule has 1 heterocycles. The van der Waals surface area contributed by atoms with Gasteiger partial charge in [0.25, 0.3) is 0 Å². The summed E-state index contributed by atoms with van der Waals surface area (Å²) in [5.41, 5.74) is 0.0915. The maximum atomic E-state index is 11.8. The highest BCUT2D eigenvalue weighted by Gasteiger charge is 2.17. The minimum absolute atomic E-state index is 0.0933. The van der Waals surface area contributed by atoms with Crippen LogP contribution < -0.4 is 5.43 Å². The Labute approximate surface area is 129 Å². The molecule has 22 heavy (non-hydrogen) atoms. The summed E-state index contributed by atoms with van der Waals surface area (Å²) in [5, 5.41) is 28.3. The van der Waals surface area contributed by atoms with Gasteiger partial charge < -0.3 is 24.8 Å². The standard InChI is InChI=1S/C15H24N2O5/c1-3-4-6-16(2)9-12-15(22)13(19)8-11(10-18)17(12)7-5-14(20)21/h8,18,22H,3-7,9-10H2,1-2H3,(H,20,21). The highest BCUT2D eigenvalue weighted by Crippen LogP contribution is 2.18. The predicted octanol–water partition coefficient (Wildman–Crippen LogP) is 0.753. The van der Waals surface area contributed by atoms with Gasteiger partial charge in [0.2, 0.25) is 5.43 Å². The average Bonchev–Trinajstić information content (AvgIpc) is 2.48. The molecule has 0 unspecified atom stereocenters. The summed E-state index contributed by atoms with van der Waals surface area (Å²) in [5.74, 6) is -1.36. The monoisotopic (exact) mass is 312 g/mol. The van der Waals surface area contributed by atoms with Crippen molar-refractivity contribution in [2.45, 2.75) is 45.9 Å². The molecule has 124 valence electrons. The topological polar surface area (TPSA) is 103 Å². The minimum Gasteiger partial charge on any atom is -0.503 e. The molecule has 0 aliphatic carbocycles. The summed E-state index contributed by atoms with van der Waals surface area (Å²) in [6, 6.07) is 1.15. The molecule has 0 aromatic carbocycles. The van der Waals surface area contributed by atoms with E-state index in [-0.39, 0.29) is 25.3 Å². The number of rotatable bonds is 9. The molecule has 7 nitrogen and oxygen atoms in total. The van der Waals surface area contributed by atoms with Gasteiger partial charge in [0, 0.05) is 24.8 Å². The molecule has 1 aromatic heterocycles. The van der Waals surface area contributed by atoms with E-state index in [4.69, 9.17) is 5.11 Å². The van der Waals surface area contributed by atoms with Crippen molar-refractivity contribution in [3.8, 4) is 5.75 Å². The van der Waals surface area contributed by atoms with Gasteiger partial charge in [0.05, 0.1) is 18.7 Å². The maximum absolute atomic E-state index is 11.8. The molecule has 0 radical (unpaired) electrons. The lowest BCUT2D eigenvalue weighted by atomic mass is 10.2. The predicted molar refractivity (Wildman–Crippen MR) is 81.8 cm³/mol. The van der Waals surface area contributed by atoms with Crippen LogP contribution >= 0.6 is 0 Å². The third-order valence-electron chi connectivity index (χ3n) is 3.50. The normalized spacial score (nSPS) is 11.1. The van der Waals surface area contributed by atoms with Crippen molar-refractivity contribution < 1.29 is 20.1 Å². The quantitative estimate of drug-likeness (QED) is 0.622. The zero-order valence-electron chi connectivity index (χ0n) is 13.1. The van der Waals surface area contributed by atoms with E-state index in [1.54, 1.807) is 0 Å². The van der Waals surface area contributed by atoms with Gasteiger partial charge in [0.15, 0.2) is 5.75 Å². The van der Waals surface area contributed by atoms with Gasteiger partial charge in [-0.15, -0.1) is 0 Å². The molecule has 0 atom stereocenters. The van der Waals surface area contributed by atoms with Crippen LogP contribution in [0.4, 0.5) is 0 Å². The van der Waals surface area contributed by atoms with Crippen molar-refractivity contribution >= 4 is 5.97 Å². The fourth-order valence-electron chi connectivity index (χ4n) is 2.28. The fraction of sp³-hybridized carbons (Fsp3) is 0.600. The van der Waals surface area contributed by atoms with E-state index in [1.165, 1.54) is 4.57 Å². The third-order valence-corrected chi connectivity index (χ3v) is 3.50. The van der Waals surface area contributed by atoms with Gasteiger partial charge in [-0.2, -0.15) is 0 Å². The van der Waals surface area contributed by atoms with E-state index >= 15 is 0 Å². The van der Waals surface area contributed by atoms with Crippen molar-refractivity contribution in [1.29, 1.82) is 0 Å². The van der Waals surface area contributed by atoms with E-state index in [0.29, 0.717) is 17.9 Å². The van der Waals surface area contributed by atoms with Crippen LogP contribution in [0.2, 0.25) is 0 Å². The number of hydrogen-bond acceptors (Lipinski definition) is 5. The lowest BCUT2D eigenvalue weighted by Crippen LogP contribution is -2.26. The SMILES string of the molecule is CCCCN(C)Cc1c(O)c(=O)cc(CO)n1CCC(=O)O. The molecule has 0 saturated heterocycles. The number of nitrogens with zero attached hydrogens (tertiary/aromatic N) is 2. The molecule has 1 aromatic rings. The van der Waals surface area contributed by atoms with E-state index in [1.807, 2.05) is 11.9 Å². The lowest BCUT2D eigenvalue weighted by Gasteiger charge is -2.22. The van der Waals surface area contributed by atoms with Gasteiger partial charge in [-0.3, -0.25) is 9.59 Å². The molecule has 0 amide bonds. The highest BCUT2D eigenvalue weighted by molar-refractivity contribution is 5.66. The first-order chi connectivity index (χ1) is 10.4. The Morgan fingerprint density at radius 3 is 2.64 bits per heavy atom. The maximum Gasteiger partial charge on any atom is 0.305 e. The van der Waals surface area contributed by atoms with Crippen molar-refractivity contribution in [2.24, 2.45) is 0 Å². The summed E-state index contributed by atoms with van der Waals surface area (Å²) in [4.78, 5) is 24.5. The number of unbranched alkanes of at least 4 members (excludes halogenated alkanes) is 1. The Bertz CT molecular complexity index is 568. The summed E-state index contributed by atoms with van der Waals surface area (Å²) in [6.45, 7) is 2.89. The van der Waals surface area contributed by atoms with Gasteiger partial charge in [-0.25, -0.2) is 0 Å². The van der Waals surface area contributed by atoms with Gasteiger partial charge in [-0.05, 0) is 20.0 Å². The van der Waals surface area contributed by atoms with Crippen molar-refractivity contribution in [3.05, 3.63) is 27.7 Å². The largest absolute Gasteiger partial charge is 0.503 e. The molecule has 0 fully saturated rings. The van der Waals surface area contributed by atoms with Crippen molar-refractivity contribution in [1.82, 2.24) is 9.47 Å². The Morgan fingerprint density at radius 1 is 1.41 bits per heavy atom. The first-order valence-corrected chi connectivity index (χ1v) is 7.36. The molecule has 0 aliphatic heterocycles. The van der Waals surface area contributed by atoms with Crippen LogP contribution in [0.1, 0.15) is 37.6 Å². The van der Waals surface area contributed by atoms with E-state index in [2.05, 4.69) is 6.92 Å². The second-order valence-corrected chi connectivity index (χ2v) is 5.34.